The van der Waals surface area contributed by atoms with Gasteiger partial charge in [0.2, 0.25) is 0 Å². The highest BCUT2D eigenvalue weighted by atomic mass is 127. The van der Waals surface area contributed by atoms with Crippen molar-refractivity contribution in [2.75, 3.05) is 0 Å². The Morgan fingerprint density at radius 3 is 2.82 bits per heavy atom. The highest BCUT2D eigenvalue weighted by Crippen LogP contribution is 2.08. The van der Waals surface area contributed by atoms with Crippen LogP contribution >= 0.6 is 22.6 Å². The fraction of sp³-hybridized carbons (Fsp3) is 0.250. The number of hydrogen-bond acceptors (Lipinski definition) is 1. The van der Waals surface area contributed by atoms with E-state index in [0.29, 0.717) is 12.2 Å². The van der Waals surface area contributed by atoms with Gasteiger partial charge in [0.1, 0.15) is 5.69 Å². The summed E-state index contributed by atoms with van der Waals surface area (Å²) in [5.41, 5.74) is 2.88. The van der Waals surface area contributed by atoms with Crippen molar-refractivity contribution < 1.29 is 4.79 Å². The number of aromatic amines is 1. The number of halogens is 1. The number of amides is 1. The van der Waals surface area contributed by atoms with Crippen molar-refractivity contribution in [2.45, 2.75) is 13.5 Å². The van der Waals surface area contributed by atoms with Crippen LogP contribution in [-0.2, 0) is 13.6 Å². The third kappa shape index (κ3) is 2.71. The van der Waals surface area contributed by atoms with Gasteiger partial charge in [0.05, 0.1) is 6.54 Å². The lowest BCUT2D eigenvalue weighted by Crippen LogP contribution is -2.24. The molecule has 0 saturated heterocycles. The third-order valence-electron chi connectivity index (χ3n) is 2.80. The first kappa shape index (κ1) is 12.2. The van der Waals surface area contributed by atoms with Crippen LogP contribution in [0.4, 0.5) is 0 Å². The molecule has 0 bridgehead atoms. The minimum absolute atomic E-state index is 0.0771. The number of rotatable bonds is 3. The van der Waals surface area contributed by atoms with Crippen molar-refractivity contribution in [3.05, 3.63) is 45.0 Å². The van der Waals surface area contributed by atoms with Gasteiger partial charge in [0, 0.05) is 28.2 Å². The molecule has 0 spiro atoms. The molecule has 4 nitrogen and oxygen atoms in total. The molecule has 2 rings (SSSR count). The molecule has 0 aliphatic carbocycles. The molecule has 0 aliphatic heterocycles. The zero-order valence-electron chi connectivity index (χ0n) is 9.75. The van der Waals surface area contributed by atoms with E-state index in [1.54, 1.807) is 0 Å². The Labute approximate surface area is 114 Å². The third-order valence-corrected chi connectivity index (χ3v) is 3.42. The number of aromatic nitrogens is 2. The molecule has 0 aliphatic rings. The lowest BCUT2D eigenvalue weighted by molar-refractivity contribution is 0.0945. The van der Waals surface area contributed by atoms with Crippen LogP contribution in [0.2, 0.25) is 0 Å². The van der Waals surface area contributed by atoms with Crippen LogP contribution in [0.25, 0.3) is 0 Å². The first-order valence-electron chi connectivity index (χ1n) is 5.31. The largest absolute Gasteiger partial charge is 0.356 e. The maximum atomic E-state index is 11.8. The van der Waals surface area contributed by atoms with Crippen LogP contribution in [0.15, 0.2) is 24.4 Å². The summed E-state index contributed by atoms with van der Waals surface area (Å²) >= 11 is 2.17. The molecule has 2 heterocycles. The molecule has 90 valence electrons. The lowest BCUT2D eigenvalue weighted by atomic mass is 10.3. The Kier molecular flexibility index (Phi) is 3.56. The van der Waals surface area contributed by atoms with Gasteiger partial charge in [-0.25, -0.2) is 0 Å². The number of carbonyl (C=O) groups is 1. The van der Waals surface area contributed by atoms with Crippen LogP contribution in [0.1, 0.15) is 21.9 Å². The molecule has 5 heteroatoms. The number of hydrogen-bond donors (Lipinski definition) is 2. The fourth-order valence-electron chi connectivity index (χ4n) is 1.61. The molecule has 0 unspecified atom stereocenters. The van der Waals surface area contributed by atoms with Gasteiger partial charge in [0.25, 0.3) is 5.91 Å². The summed E-state index contributed by atoms with van der Waals surface area (Å²) in [6, 6.07) is 5.89. The van der Waals surface area contributed by atoms with Crippen molar-refractivity contribution in [1.82, 2.24) is 14.9 Å². The van der Waals surface area contributed by atoms with Gasteiger partial charge in [-0.15, -0.1) is 0 Å². The Morgan fingerprint density at radius 1 is 1.53 bits per heavy atom. The first-order valence-corrected chi connectivity index (χ1v) is 6.39. The minimum atomic E-state index is -0.0771. The van der Waals surface area contributed by atoms with Gasteiger partial charge in [-0.05, 0) is 47.7 Å². The van der Waals surface area contributed by atoms with E-state index in [-0.39, 0.29) is 5.91 Å². The number of nitrogens with one attached hydrogen (secondary N) is 2. The zero-order chi connectivity index (χ0) is 12.4. The molecular formula is C12H14IN3O. The summed E-state index contributed by atoms with van der Waals surface area (Å²) in [6.07, 6.45) is 1.81. The summed E-state index contributed by atoms with van der Waals surface area (Å²) < 4.78 is 3.10. The number of carbonyl (C=O) groups excluding carboxylic acids is 1. The molecule has 2 aromatic rings. The topological polar surface area (TPSA) is 49.8 Å². The SMILES string of the molecule is Cc1ccc(CNC(=O)c2cc(I)c[nH]2)n1C. The van der Waals surface area contributed by atoms with Crippen LogP contribution in [0.5, 0.6) is 0 Å². The van der Waals surface area contributed by atoms with E-state index in [0.717, 1.165) is 9.26 Å². The quantitative estimate of drug-likeness (QED) is 0.825. The standard InChI is InChI=1S/C12H14IN3O/c1-8-3-4-10(16(8)2)7-15-12(17)11-5-9(13)6-14-11/h3-6,14H,7H2,1-2H3,(H,15,17). The Bertz CT molecular complexity index is 542. The van der Waals surface area contributed by atoms with Gasteiger partial charge < -0.3 is 14.9 Å². The fourth-order valence-corrected chi connectivity index (χ4v) is 2.08. The highest BCUT2D eigenvalue weighted by Gasteiger charge is 2.08. The van der Waals surface area contributed by atoms with Crippen LogP contribution < -0.4 is 5.32 Å². The summed E-state index contributed by atoms with van der Waals surface area (Å²) in [5, 5.41) is 2.89. The lowest BCUT2D eigenvalue weighted by Gasteiger charge is -2.06. The van der Waals surface area contributed by atoms with Gasteiger partial charge in [-0.1, -0.05) is 0 Å². The number of aryl methyl sites for hydroxylation is 1. The Morgan fingerprint density at radius 2 is 2.29 bits per heavy atom. The zero-order valence-corrected chi connectivity index (χ0v) is 11.9. The summed E-state index contributed by atoms with van der Waals surface area (Å²) in [7, 11) is 1.99. The molecule has 2 N–H and O–H groups in total. The molecule has 17 heavy (non-hydrogen) atoms. The minimum Gasteiger partial charge on any atom is -0.356 e. The predicted molar refractivity (Wildman–Crippen MR) is 74.8 cm³/mol. The normalized spacial score (nSPS) is 10.5. The first-order chi connectivity index (χ1) is 8.08. The second-order valence-electron chi connectivity index (χ2n) is 3.94. The van der Waals surface area contributed by atoms with Gasteiger partial charge in [-0.3, -0.25) is 4.79 Å². The van der Waals surface area contributed by atoms with Gasteiger partial charge in [0.15, 0.2) is 0 Å². The van der Waals surface area contributed by atoms with E-state index in [2.05, 4.69) is 37.5 Å². The van der Waals surface area contributed by atoms with E-state index in [1.165, 1.54) is 5.69 Å². The van der Waals surface area contributed by atoms with Crippen molar-refractivity contribution in [3.63, 3.8) is 0 Å². The molecule has 0 fully saturated rings. The van der Waals surface area contributed by atoms with Crippen LogP contribution in [0, 0.1) is 10.5 Å². The van der Waals surface area contributed by atoms with Crippen molar-refractivity contribution in [3.8, 4) is 0 Å². The molecule has 0 aromatic carbocycles. The Balaban J connectivity index is 1.99. The van der Waals surface area contributed by atoms with E-state index in [4.69, 9.17) is 0 Å². The summed E-state index contributed by atoms with van der Waals surface area (Å²) in [6.45, 7) is 2.58. The molecule has 0 atom stereocenters. The summed E-state index contributed by atoms with van der Waals surface area (Å²) in [5.74, 6) is -0.0771. The van der Waals surface area contributed by atoms with Crippen molar-refractivity contribution in [2.24, 2.45) is 7.05 Å². The van der Waals surface area contributed by atoms with E-state index < -0.39 is 0 Å². The van der Waals surface area contributed by atoms with E-state index in [9.17, 15) is 4.79 Å². The smallest absolute Gasteiger partial charge is 0.268 e. The summed E-state index contributed by atoms with van der Waals surface area (Å²) in [4.78, 5) is 14.7. The second kappa shape index (κ2) is 4.95. The Hall–Kier alpha value is -1.24. The van der Waals surface area contributed by atoms with Gasteiger partial charge >= 0.3 is 0 Å². The average Bonchev–Trinajstić information content (AvgIpc) is 2.86. The number of H-pyrrole nitrogens is 1. The molecule has 1 amide bonds. The highest BCUT2D eigenvalue weighted by molar-refractivity contribution is 14.1. The van der Waals surface area contributed by atoms with Crippen LogP contribution in [0.3, 0.4) is 0 Å². The monoisotopic (exact) mass is 343 g/mol. The van der Waals surface area contributed by atoms with Crippen LogP contribution in [-0.4, -0.2) is 15.5 Å². The molecule has 0 saturated carbocycles. The predicted octanol–water partition coefficient (Wildman–Crippen LogP) is 2.20. The number of nitrogens with zero attached hydrogens (tertiary/aromatic N) is 1. The molecule has 0 radical (unpaired) electrons. The van der Waals surface area contributed by atoms with Crippen molar-refractivity contribution >= 4 is 28.5 Å². The van der Waals surface area contributed by atoms with E-state index in [1.807, 2.05) is 38.4 Å². The second-order valence-corrected chi connectivity index (χ2v) is 5.18. The maximum Gasteiger partial charge on any atom is 0.268 e. The van der Waals surface area contributed by atoms with Gasteiger partial charge in [-0.2, -0.15) is 0 Å². The maximum absolute atomic E-state index is 11.8. The molecular weight excluding hydrogens is 329 g/mol. The average molecular weight is 343 g/mol. The van der Waals surface area contributed by atoms with E-state index >= 15 is 0 Å². The molecule has 2 aromatic heterocycles. The van der Waals surface area contributed by atoms with Crippen molar-refractivity contribution in [1.29, 1.82) is 0 Å².